The minimum atomic E-state index is -0.580. The largest absolute Gasteiger partial charge is 0.507 e. The first kappa shape index (κ1) is 12.4. The monoisotopic (exact) mass is 226 g/mol. The van der Waals surface area contributed by atoms with Crippen LogP contribution in [0.4, 0.5) is 4.39 Å². The molecule has 0 aromatic heterocycles. The van der Waals surface area contributed by atoms with E-state index < -0.39 is 5.82 Å². The minimum absolute atomic E-state index is 0.0737. The van der Waals surface area contributed by atoms with E-state index in [4.69, 9.17) is 5.73 Å². The molecule has 1 unspecified atom stereocenters. The first-order valence-corrected chi connectivity index (χ1v) is 4.91. The number of likely N-dealkylation sites (N-methyl/N-ethyl adjacent to an activating group) is 1. The third-order valence-electron chi connectivity index (χ3n) is 2.10. The van der Waals surface area contributed by atoms with Crippen molar-refractivity contribution in [2.75, 3.05) is 13.6 Å². The van der Waals surface area contributed by atoms with Gasteiger partial charge in [0.05, 0.1) is 5.56 Å². The van der Waals surface area contributed by atoms with Crippen molar-refractivity contribution in [2.24, 2.45) is 5.73 Å². The highest BCUT2D eigenvalue weighted by atomic mass is 19.1. The van der Waals surface area contributed by atoms with Crippen LogP contribution in [0.3, 0.4) is 0 Å². The molecule has 0 aliphatic heterocycles. The number of nitrogens with two attached hydrogens (primary N) is 1. The third kappa shape index (κ3) is 2.93. The van der Waals surface area contributed by atoms with Crippen LogP contribution in [-0.4, -0.2) is 35.5 Å². The number of amides is 1. The number of nitrogens with zero attached hydrogens (tertiary/aromatic N) is 1. The summed E-state index contributed by atoms with van der Waals surface area (Å²) in [6.07, 6.45) is 0. The van der Waals surface area contributed by atoms with Gasteiger partial charge in [-0.05, 0) is 19.1 Å². The smallest absolute Gasteiger partial charge is 0.257 e. The zero-order chi connectivity index (χ0) is 12.3. The Morgan fingerprint density at radius 3 is 2.75 bits per heavy atom. The molecule has 0 fully saturated rings. The van der Waals surface area contributed by atoms with Crippen molar-refractivity contribution >= 4 is 5.91 Å². The molecule has 1 aromatic carbocycles. The van der Waals surface area contributed by atoms with E-state index in [-0.39, 0.29) is 23.3 Å². The van der Waals surface area contributed by atoms with Crippen molar-refractivity contribution in [3.63, 3.8) is 0 Å². The van der Waals surface area contributed by atoms with Crippen LogP contribution in [0.1, 0.15) is 17.3 Å². The second kappa shape index (κ2) is 4.94. The van der Waals surface area contributed by atoms with Gasteiger partial charge in [-0.3, -0.25) is 4.79 Å². The van der Waals surface area contributed by atoms with Gasteiger partial charge in [0.25, 0.3) is 5.91 Å². The van der Waals surface area contributed by atoms with E-state index in [1.807, 2.05) is 0 Å². The summed E-state index contributed by atoms with van der Waals surface area (Å²) in [7, 11) is 1.58. The molecule has 3 N–H and O–H groups in total. The highest BCUT2D eigenvalue weighted by Crippen LogP contribution is 2.19. The van der Waals surface area contributed by atoms with Crippen molar-refractivity contribution in [1.29, 1.82) is 0 Å². The Hall–Kier alpha value is -1.62. The Bertz CT molecular complexity index is 394. The molecular formula is C11H15FN2O2. The van der Waals surface area contributed by atoms with Crippen LogP contribution in [-0.2, 0) is 0 Å². The summed E-state index contributed by atoms with van der Waals surface area (Å²) < 4.78 is 12.7. The Kier molecular flexibility index (Phi) is 3.84. The molecule has 16 heavy (non-hydrogen) atoms. The maximum Gasteiger partial charge on any atom is 0.257 e. The molecular weight excluding hydrogens is 211 g/mol. The number of phenolic OH excluding ortho intramolecular Hbond substituents is 1. The fraction of sp³-hybridized carbons (Fsp3) is 0.364. The number of hydrogen-bond donors (Lipinski definition) is 2. The summed E-state index contributed by atoms with van der Waals surface area (Å²) in [5.41, 5.74) is 5.63. The highest BCUT2D eigenvalue weighted by molar-refractivity contribution is 5.96. The van der Waals surface area contributed by atoms with E-state index in [0.29, 0.717) is 6.54 Å². The first-order chi connectivity index (χ1) is 7.41. The van der Waals surface area contributed by atoms with Gasteiger partial charge in [-0.15, -0.1) is 0 Å². The Morgan fingerprint density at radius 1 is 1.62 bits per heavy atom. The van der Waals surface area contributed by atoms with Crippen molar-refractivity contribution in [3.8, 4) is 5.75 Å². The molecule has 88 valence electrons. The van der Waals surface area contributed by atoms with Crippen LogP contribution in [0, 0.1) is 5.82 Å². The lowest BCUT2D eigenvalue weighted by Crippen LogP contribution is -2.36. The fourth-order valence-corrected chi connectivity index (χ4v) is 1.41. The lowest BCUT2D eigenvalue weighted by atomic mass is 10.1. The van der Waals surface area contributed by atoms with Gasteiger partial charge in [0.1, 0.15) is 11.6 Å². The summed E-state index contributed by atoms with van der Waals surface area (Å²) in [6.45, 7) is 2.14. The van der Waals surface area contributed by atoms with Crippen LogP contribution in [0.2, 0.25) is 0 Å². The second-order valence-electron chi connectivity index (χ2n) is 3.82. The van der Waals surface area contributed by atoms with Gasteiger partial charge >= 0.3 is 0 Å². The minimum Gasteiger partial charge on any atom is -0.507 e. The number of phenols is 1. The first-order valence-electron chi connectivity index (χ1n) is 4.91. The van der Waals surface area contributed by atoms with Gasteiger partial charge in [0, 0.05) is 25.7 Å². The van der Waals surface area contributed by atoms with E-state index in [2.05, 4.69) is 0 Å². The zero-order valence-electron chi connectivity index (χ0n) is 9.27. The standard InChI is InChI=1S/C11H15FN2O2/c1-7(13)6-14(2)11(16)9-4-3-8(12)5-10(9)15/h3-5,7,15H,6,13H2,1-2H3. The van der Waals surface area contributed by atoms with Gasteiger partial charge in [0.2, 0.25) is 0 Å². The molecule has 4 nitrogen and oxygen atoms in total. The predicted octanol–water partition coefficient (Wildman–Crippen LogP) is 0.950. The maximum atomic E-state index is 12.7. The molecule has 1 amide bonds. The topological polar surface area (TPSA) is 66.6 Å². The quantitative estimate of drug-likeness (QED) is 0.806. The predicted molar refractivity (Wildman–Crippen MR) is 58.7 cm³/mol. The maximum absolute atomic E-state index is 12.7. The van der Waals surface area contributed by atoms with Gasteiger partial charge in [0.15, 0.2) is 0 Å². The molecule has 1 atom stereocenters. The van der Waals surface area contributed by atoms with Crippen LogP contribution < -0.4 is 5.73 Å². The van der Waals surface area contributed by atoms with E-state index in [1.165, 1.54) is 11.0 Å². The van der Waals surface area contributed by atoms with E-state index in [1.54, 1.807) is 14.0 Å². The van der Waals surface area contributed by atoms with Gasteiger partial charge in [-0.2, -0.15) is 0 Å². The number of rotatable bonds is 3. The molecule has 0 saturated carbocycles. The molecule has 0 heterocycles. The molecule has 0 aliphatic carbocycles. The molecule has 0 spiro atoms. The van der Waals surface area contributed by atoms with E-state index >= 15 is 0 Å². The number of carbonyl (C=O) groups is 1. The summed E-state index contributed by atoms with van der Waals surface area (Å²) in [5.74, 6) is -1.32. The normalized spacial score (nSPS) is 12.2. The van der Waals surface area contributed by atoms with Crippen molar-refractivity contribution < 1.29 is 14.3 Å². The Morgan fingerprint density at radius 2 is 2.25 bits per heavy atom. The van der Waals surface area contributed by atoms with Crippen LogP contribution >= 0.6 is 0 Å². The summed E-state index contributed by atoms with van der Waals surface area (Å²) in [5, 5.41) is 9.43. The number of benzene rings is 1. The third-order valence-corrected chi connectivity index (χ3v) is 2.10. The van der Waals surface area contributed by atoms with Crippen molar-refractivity contribution in [3.05, 3.63) is 29.6 Å². The molecule has 0 radical (unpaired) electrons. The Labute approximate surface area is 93.5 Å². The van der Waals surface area contributed by atoms with Crippen LogP contribution in [0.15, 0.2) is 18.2 Å². The zero-order valence-corrected chi connectivity index (χ0v) is 9.27. The number of hydrogen-bond acceptors (Lipinski definition) is 3. The molecule has 5 heteroatoms. The van der Waals surface area contributed by atoms with Crippen molar-refractivity contribution in [2.45, 2.75) is 13.0 Å². The van der Waals surface area contributed by atoms with Crippen molar-refractivity contribution in [1.82, 2.24) is 4.90 Å². The number of aromatic hydroxyl groups is 1. The molecule has 0 aliphatic rings. The summed E-state index contributed by atoms with van der Waals surface area (Å²) in [6, 6.07) is 3.14. The summed E-state index contributed by atoms with van der Waals surface area (Å²) in [4.78, 5) is 13.2. The molecule has 0 saturated heterocycles. The van der Waals surface area contributed by atoms with Crippen LogP contribution in [0.5, 0.6) is 5.75 Å². The number of carbonyl (C=O) groups excluding carboxylic acids is 1. The average molecular weight is 226 g/mol. The Balaban J connectivity index is 2.88. The average Bonchev–Trinajstić information content (AvgIpc) is 2.15. The SMILES string of the molecule is CC(N)CN(C)C(=O)c1ccc(F)cc1O. The summed E-state index contributed by atoms with van der Waals surface area (Å²) >= 11 is 0. The van der Waals surface area contributed by atoms with E-state index in [0.717, 1.165) is 12.1 Å². The van der Waals surface area contributed by atoms with E-state index in [9.17, 15) is 14.3 Å². The highest BCUT2D eigenvalue weighted by Gasteiger charge is 2.16. The molecule has 0 bridgehead atoms. The lowest BCUT2D eigenvalue weighted by molar-refractivity contribution is 0.0785. The van der Waals surface area contributed by atoms with Gasteiger partial charge < -0.3 is 15.7 Å². The number of halogens is 1. The fourth-order valence-electron chi connectivity index (χ4n) is 1.41. The second-order valence-corrected chi connectivity index (χ2v) is 3.82. The van der Waals surface area contributed by atoms with Gasteiger partial charge in [-0.25, -0.2) is 4.39 Å². The van der Waals surface area contributed by atoms with Crippen LogP contribution in [0.25, 0.3) is 0 Å². The molecule has 1 rings (SSSR count). The lowest BCUT2D eigenvalue weighted by Gasteiger charge is -2.19. The molecule has 1 aromatic rings. The van der Waals surface area contributed by atoms with Gasteiger partial charge in [-0.1, -0.05) is 0 Å².